The average Bonchev–Trinajstić information content (AvgIpc) is 3.04. The van der Waals surface area contributed by atoms with Crippen molar-refractivity contribution >= 4 is 5.78 Å². The number of aliphatic hydroxyl groups is 1. The predicted molar refractivity (Wildman–Crippen MR) is 124 cm³/mol. The number of hydrogen-bond acceptors (Lipinski definition) is 3. The summed E-state index contributed by atoms with van der Waals surface area (Å²) in [6.45, 7) is 6.80. The minimum absolute atomic E-state index is 0.0803. The van der Waals surface area contributed by atoms with E-state index in [0.717, 1.165) is 61.8 Å². The summed E-state index contributed by atoms with van der Waals surface area (Å²) < 4.78 is 5.57. The van der Waals surface area contributed by atoms with E-state index in [2.05, 4.69) is 31.4 Å². The summed E-state index contributed by atoms with van der Waals surface area (Å²) >= 11 is 0. The molecule has 3 nitrogen and oxygen atoms in total. The van der Waals surface area contributed by atoms with Gasteiger partial charge < -0.3 is 9.84 Å². The molecule has 1 N–H and O–H groups in total. The van der Waals surface area contributed by atoms with Crippen molar-refractivity contribution in [3.63, 3.8) is 0 Å². The van der Waals surface area contributed by atoms with Crippen molar-refractivity contribution in [3.8, 4) is 17.6 Å². The number of rotatable bonds is 1. The lowest BCUT2D eigenvalue weighted by molar-refractivity contribution is -0.119. The zero-order chi connectivity index (χ0) is 22.3. The molecule has 32 heavy (non-hydrogen) atoms. The molecule has 3 saturated carbocycles. The van der Waals surface area contributed by atoms with E-state index >= 15 is 0 Å². The van der Waals surface area contributed by atoms with Gasteiger partial charge in [-0.1, -0.05) is 30.9 Å². The molecule has 0 amide bonds. The van der Waals surface area contributed by atoms with Crippen LogP contribution in [0.2, 0.25) is 0 Å². The van der Waals surface area contributed by atoms with E-state index in [4.69, 9.17) is 4.74 Å². The van der Waals surface area contributed by atoms with Crippen molar-refractivity contribution in [1.29, 1.82) is 0 Å². The first-order valence-corrected chi connectivity index (χ1v) is 12.2. The molecule has 1 aromatic carbocycles. The number of carbonyl (C=O) groups is 1. The van der Waals surface area contributed by atoms with E-state index in [1.54, 1.807) is 7.11 Å². The summed E-state index contributed by atoms with van der Waals surface area (Å²) in [4.78, 5) is 12.5. The number of hydrogen-bond donors (Lipinski definition) is 1. The standard InChI is InChI=1S/C29H32O3/c1-18-14-23-24-9-13-29(31)12-6-19-4-5-22(32-3)15-20(19)17-28(11-7-21(30)16-26(18)28)25(23)8-10-27(24,29)2/h4-5,15-16,23-25,31H,1,7-11,13-14,17H2,2-3H3/t23-,24-,25?,27-,28-,29+/m0/s1. The Morgan fingerprint density at radius 3 is 2.81 bits per heavy atom. The minimum atomic E-state index is -0.947. The number of ether oxygens (including phenoxy) is 1. The van der Waals surface area contributed by atoms with Gasteiger partial charge in [0.15, 0.2) is 5.78 Å². The molecule has 3 heteroatoms. The molecular formula is C29H32O3. The van der Waals surface area contributed by atoms with Crippen LogP contribution < -0.4 is 4.74 Å². The quantitative estimate of drug-likeness (QED) is 0.640. The molecule has 1 spiro atoms. The summed E-state index contributed by atoms with van der Waals surface area (Å²) in [6, 6.07) is 6.13. The van der Waals surface area contributed by atoms with Crippen LogP contribution in [0.1, 0.15) is 63.0 Å². The first-order chi connectivity index (χ1) is 15.3. The molecule has 0 heterocycles. The molecule has 6 aliphatic rings. The van der Waals surface area contributed by atoms with Crippen LogP contribution in [0.25, 0.3) is 0 Å². The zero-order valence-corrected chi connectivity index (χ0v) is 19.2. The highest BCUT2D eigenvalue weighted by atomic mass is 16.5. The molecular weight excluding hydrogens is 396 g/mol. The van der Waals surface area contributed by atoms with Crippen molar-refractivity contribution < 1.29 is 14.6 Å². The van der Waals surface area contributed by atoms with Gasteiger partial charge in [0.2, 0.25) is 0 Å². The number of ketones is 1. The molecule has 7 rings (SSSR count). The molecule has 0 aromatic heterocycles. The van der Waals surface area contributed by atoms with Crippen LogP contribution in [0.15, 0.2) is 42.0 Å². The first kappa shape index (κ1) is 20.3. The Bertz CT molecular complexity index is 1130. The summed E-state index contributed by atoms with van der Waals surface area (Å²) in [5.41, 5.74) is 3.27. The third-order valence-electron chi connectivity index (χ3n) is 10.0. The highest BCUT2D eigenvalue weighted by Crippen LogP contribution is 2.69. The van der Waals surface area contributed by atoms with Crippen molar-refractivity contribution in [2.24, 2.45) is 28.6 Å². The Balaban J connectivity index is 1.63. The van der Waals surface area contributed by atoms with Gasteiger partial charge in [0, 0.05) is 22.8 Å². The van der Waals surface area contributed by atoms with Crippen molar-refractivity contribution in [3.05, 3.63) is 53.1 Å². The monoisotopic (exact) mass is 428 g/mol. The highest BCUT2D eigenvalue weighted by molar-refractivity contribution is 5.92. The Morgan fingerprint density at radius 1 is 1.19 bits per heavy atom. The molecule has 1 unspecified atom stereocenters. The number of allylic oxidation sites excluding steroid dienone is 2. The van der Waals surface area contributed by atoms with Crippen molar-refractivity contribution in [1.82, 2.24) is 0 Å². The molecule has 0 radical (unpaired) electrons. The maximum Gasteiger partial charge on any atom is 0.156 e. The largest absolute Gasteiger partial charge is 0.497 e. The van der Waals surface area contributed by atoms with Crippen molar-refractivity contribution in [2.45, 2.75) is 63.9 Å². The van der Waals surface area contributed by atoms with Crippen molar-refractivity contribution in [2.75, 3.05) is 7.11 Å². The Labute approximate surface area is 190 Å². The Kier molecular flexibility index (Phi) is 4.19. The van der Waals surface area contributed by atoms with Crippen LogP contribution in [0.4, 0.5) is 0 Å². The molecule has 166 valence electrons. The van der Waals surface area contributed by atoms with Crippen LogP contribution in [-0.4, -0.2) is 23.6 Å². The molecule has 6 aliphatic carbocycles. The molecule has 3 fully saturated rings. The third kappa shape index (κ3) is 2.51. The molecule has 1 aromatic rings. The second-order valence-electron chi connectivity index (χ2n) is 11.2. The van der Waals surface area contributed by atoms with Crippen LogP contribution in [0.5, 0.6) is 5.75 Å². The van der Waals surface area contributed by atoms with E-state index in [1.165, 1.54) is 11.1 Å². The van der Waals surface area contributed by atoms with Crippen LogP contribution in [0.3, 0.4) is 0 Å². The van der Waals surface area contributed by atoms with Gasteiger partial charge in [-0.2, -0.15) is 0 Å². The molecule has 0 aliphatic heterocycles. The van der Waals surface area contributed by atoms with Gasteiger partial charge in [0.1, 0.15) is 11.4 Å². The second kappa shape index (κ2) is 6.61. The topological polar surface area (TPSA) is 46.5 Å². The fraction of sp³-hybridized carbons (Fsp3) is 0.552. The smallest absolute Gasteiger partial charge is 0.156 e. The van der Waals surface area contributed by atoms with Gasteiger partial charge in [-0.05, 0) is 98.1 Å². The minimum Gasteiger partial charge on any atom is -0.497 e. The zero-order valence-electron chi connectivity index (χ0n) is 19.2. The first-order valence-electron chi connectivity index (χ1n) is 12.2. The molecule has 6 bridgehead atoms. The van der Waals surface area contributed by atoms with E-state index in [-0.39, 0.29) is 16.6 Å². The summed E-state index contributed by atoms with van der Waals surface area (Å²) in [7, 11) is 1.70. The molecule has 0 saturated heterocycles. The summed E-state index contributed by atoms with van der Waals surface area (Å²) in [5, 5.41) is 11.9. The number of fused-ring (bicyclic) bond motifs is 1. The van der Waals surface area contributed by atoms with Crippen LogP contribution in [0, 0.1) is 40.4 Å². The lowest BCUT2D eigenvalue weighted by atomic mass is 9.44. The predicted octanol–water partition coefficient (Wildman–Crippen LogP) is 5.01. The normalized spacial score (nSPS) is 41.6. The van der Waals surface area contributed by atoms with Crippen LogP contribution >= 0.6 is 0 Å². The van der Waals surface area contributed by atoms with Gasteiger partial charge in [0.05, 0.1) is 7.11 Å². The fourth-order valence-corrected chi connectivity index (χ4v) is 8.36. The van der Waals surface area contributed by atoms with E-state index in [1.807, 2.05) is 18.2 Å². The lowest BCUT2D eigenvalue weighted by Crippen LogP contribution is -2.55. The number of methoxy groups -OCH3 is 1. The highest BCUT2D eigenvalue weighted by Gasteiger charge is 2.65. The Hall–Kier alpha value is -2.31. The van der Waals surface area contributed by atoms with Gasteiger partial charge in [-0.15, -0.1) is 0 Å². The number of benzene rings is 1. The van der Waals surface area contributed by atoms with Gasteiger partial charge >= 0.3 is 0 Å². The summed E-state index contributed by atoms with van der Waals surface area (Å²) in [5.74, 6) is 9.32. The SMILES string of the molecule is C=C1C[C@@H]2C3CC[C@@]4(C)[C@H]2CC[C@]4(O)C#Cc2ccc(OC)cc2C[C@@]32CCC(=O)C=C12. The maximum absolute atomic E-state index is 12.5. The van der Waals surface area contributed by atoms with Crippen LogP contribution in [-0.2, 0) is 11.2 Å². The maximum atomic E-state index is 12.5. The van der Waals surface area contributed by atoms with E-state index < -0.39 is 5.60 Å². The third-order valence-corrected chi connectivity index (χ3v) is 10.0. The van der Waals surface area contributed by atoms with Gasteiger partial charge in [0.25, 0.3) is 0 Å². The Morgan fingerprint density at radius 2 is 2.00 bits per heavy atom. The van der Waals surface area contributed by atoms with Gasteiger partial charge in [-0.25, -0.2) is 0 Å². The molecule has 6 atom stereocenters. The fourth-order valence-electron chi connectivity index (χ4n) is 8.36. The van der Waals surface area contributed by atoms with Gasteiger partial charge in [-0.3, -0.25) is 4.79 Å². The van der Waals surface area contributed by atoms with E-state index in [0.29, 0.717) is 24.2 Å². The lowest BCUT2D eigenvalue weighted by Gasteiger charge is -2.60. The van der Waals surface area contributed by atoms with E-state index in [9.17, 15) is 9.90 Å². The second-order valence-corrected chi connectivity index (χ2v) is 11.2. The average molecular weight is 429 g/mol. The number of carbonyl (C=O) groups excluding carboxylic acids is 1. The summed E-state index contributed by atoms with van der Waals surface area (Å²) in [6.07, 6.45) is 9.07.